The van der Waals surface area contributed by atoms with Crippen molar-refractivity contribution >= 4 is 0 Å². The Bertz CT molecular complexity index is 1160. The number of nitrogens with zero attached hydrogens (tertiary/aromatic N) is 2. The first-order valence-corrected chi connectivity index (χ1v) is 14.4. The Morgan fingerprint density at radius 3 is 2.21 bits per heavy atom. The second kappa shape index (κ2) is 9.88. The summed E-state index contributed by atoms with van der Waals surface area (Å²) in [7, 11) is 0. The van der Waals surface area contributed by atoms with Crippen LogP contribution in [0, 0.1) is 11.3 Å². The summed E-state index contributed by atoms with van der Waals surface area (Å²) >= 11 is 0. The minimum absolute atomic E-state index is 0.128. The van der Waals surface area contributed by atoms with Crippen molar-refractivity contribution in [1.82, 2.24) is 9.97 Å². The Kier molecular flexibility index (Phi) is 7.17. The van der Waals surface area contributed by atoms with E-state index in [2.05, 4.69) is 39.6 Å². The largest absolute Gasteiger partial charge is 0.433 e. The van der Waals surface area contributed by atoms with Crippen LogP contribution in [0.15, 0.2) is 18.3 Å². The number of aliphatic hydroxyl groups is 1. The molecule has 3 heterocycles. The predicted octanol–water partition coefficient (Wildman–Crippen LogP) is 8.32. The van der Waals surface area contributed by atoms with E-state index < -0.39 is 29.7 Å². The molecule has 4 aliphatic rings. The number of hydrogen-bond donors (Lipinski definition) is 1. The monoisotopic (exact) mass is 530 g/mol. The van der Waals surface area contributed by atoms with Gasteiger partial charge in [-0.15, -0.1) is 0 Å². The Hall–Kier alpha value is -1.99. The lowest BCUT2D eigenvalue weighted by Crippen LogP contribution is -2.29. The van der Waals surface area contributed by atoms with E-state index in [1.54, 1.807) is 0 Å². The van der Waals surface area contributed by atoms with Gasteiger partial charge >= 0.3 is 6.18 Å². The third-order valence-electron chi connectivity index (χ3n) is 9.06. The number of halogens is 3. The highest BCUT2D eigenvalue weighted by atomic mass is 19.4. The first kappa shape index (κ1) is 27.6. The fourth-order valence-corrected chi connectivity index (χ4v) is 6.49. The molecular weight excluding hydrogens is 489 g/mol. The molecule has 6 rings (SSSR count). The summed E-state index contributed by atoms with van der Waals surface area (Å²) in [5.74, 6) is 1.01. The summed E-state index contributed by atoms with van der Waals surface area (Å²) in [6, 6.07) is 2.52. The van der Waals surface area contributed by atoms with E-state index in [-0.39, 0.29) is 11.3 Å². The lowest BCUT2D eigenvalue weighted by molar-refractivity contribution is -0.141. The van der Waals surface area contributed by atoms with E-state index in [4.69, 9.17) is 9.72 Å². The SMILES string of the molecule is CC(C)c1nc2c(c3c1C(c1ccc(C(F)(F)F)nc1)OC31CCCC1)C(O)CC1(CC1)C2.CCC(C)C. The summed E-state index contributed by atoms with van der Waals surface area (Å²) in [5.41, 5.74) is 4.33. The Morgan fingerprint density at radius 2 is 1.71 bits per heavy atom. The Morgan fingerprint density at radius 1 is 1.05 bits per heavy atom. The van der Waals surface area contributed by atoms with Gasteiger partial charge < -0.3 is 9.84 Å². The zero-order valence-corrected chi connectivity index (χ0v) is 23.3. The number of fused-ring (bicyclic) bond motifs is 4. The first-order valence-electron chi connectivity index (χ1n) is 14.4. The molecule has 1 N–H and O–H groups in total. The molecule has 7 heteroatoms. The average molecular weight is 531 g/mol. The Labute approximate surface area is 224 Å². The fraction of sp³-hybridized carbons (Fsp3) is 0.677. The maximum absolute atomic E-state index is 13.1. The topological polar surface area (TPSA) is 55.2 Å². The van der Waals surface area contributed by atoms with Crippen LogP contribution in [-0.4, -0.2) is 15.1 Å². The lowest BCUT2D eigenvalue weighted by atomic mass is 9.74. The molecular formula is C31H41F3N2O2. The van der Waals surface area contributed by atoms with Crippen molar-refractivity contribution in [2.24, 2.45) is 11.3 Å². The van der Waals surface area contributed by atoms with E-state index in [0.29, 0.717) is 5.56 Å². The summed E-state index contributed by atoms with van der Waals surface area (Å²) in [6.45, 7) is 10.8. The summed E-state index contributed by atoms with van der Waals surface area (Å²) < 4.78 is 46.1. The quantitative estimate of drug-likeness (QED) is 0.433. The molecule has 2 aromatic rings. The number of pyridine rings is 2. The highest BCUT2D eigenvalue weighted by molar-refractivity contribution is 5.54. The number of aliphatic hydroxyl groups excluding tert-OH is 1. The van der Waals surface area contributed by atoms with E-state index in [0.717, 1.165) is 91.4 Å². The van der Waals surface area contributed by atoms with Gasteiger partial charge in [-0.25, -0.2) is 0 Å². The van der Waals surface area contributed by atoms with Crippen molar-refractivity contribution < 1.29 is 23.0 Å². The summed E-state index contributed by atoms with van der Waals surface area (Å²) in [4.78, 5) is 8.83. The van der Waals surface area contributed by atoms with Crippen molar-refractivity contribution in [3.63, 3.8) is 0 Å². The van der Waals surface area contributed by atoms with E-state index in [1.165, 1.54) is 18.7 Å². The first-order chi connectivity index (χ1) is 17.9. The Balaban J connectivity index is 0.000000540. The van der Waals surface area contributed by atoms with E-state index in [1.807, 2.05) is 0 Å². The van der Waals surface area contributed by atoms with Gasteiger partial charge in [0.2, 0.25) is 0 Å². The molecule has 2 aromatic heterocycles. The molecule has 1 aliphatic heterocycles. The predicted molar refractivity (Wildman–Crippen MR) is 141 cm³/mol. The van der Waals surface area contributed by atoms with Gasteiger partial charge in [-0.2, -0.15) is 13.2 Å². The van der Waals surface area contributed by atoms with Gasteiger partial charge in [-0.1, -0.05) is 59.9 Å². The maximum atomic E-state index is 13.1. The molecule has 0 saturated heterocycles. The zero-order valence-electron chi connectivity index (χ0n) is 23.3. The number of rotatable bonds is 3. The van der Waals surface area contributed by atoms with Crippen molar-refractivity contribution in [1.29, 1.82) is 0 Å². The zero-order chi connectivity index (χ0) is 27.5. The number of ether oxygens (including phenoxy) is 1. The molecule has 38 heavy (non-hydrogen) atoms. The van der Waals surface area contributed by atoms with Gasteiger partial charge in [0, 0.05) is 34.3 Å². The normalized spacial score (nSPS) is 24.5. The van der Waals surface area contributed by atoms with Crippen LogP contribution in [0.2, 0.25) is 0 Å². The molecule has 4 nitrogen and oxygen atoms in total. The van der Waals surface area contributed by atoms with E-state index >= 15 is 0 Å². The van der Waals surface area contributed by atoms with Gasteiger partial charge in [0.1, 0.15) is 11.8 Å². The highest BCUT2D eigenvalue weighted by Crippen LogP contribution is 2.63. The molecule has 2 unspecified atom stereocenters. The third-order valence-corrected chi connectivity index (χ3v) is 9.06. The standard InChI is InChI=1S/C26H29F3N2O2.C5H12/c1-14(2)22-20-21(19-16(31-22)11-24(9-10-24)12-17(19)32)25(7-3-4-8-25)33-23(20)15-5-6-18(30-13-15)26(27,28)29;1-4-5(2)3/h5-6,13-14,17,23,32H,3-4,7-12H2,1-2H3;5H,4H2,1-3H3. The van der Waals surface area contributed by atoms with Crippen LogP contribution in [0.4, 0.5) is 13.2 Å². The average Bonchev–Trinajstić information content (AvgIpc) is 3.29. The number of aromatic nitrogens is 2. The van der Waals surface area contributed by atoms with Crippen LogP contribution in [0.1, 0.15) is 143 Å². The van der Waals surface area contributed by atoms with Crippen LogP contribution in [0.5, 0.6) is 0 Å². The van der Waals surface area contributed by atoms with Crippen molar-refractivity contribution in [3.8, 4) is 0 Å². The summed E-state index contributed by atoms with van der Waals surface area (Å²) in [6.07, 6.45) is 4.76. The van der Waals surface area contributed by atoms with Crippen molar-refractivity contribution in [2.45, 2.75) is 122 Å². The smallest absolute Gasteiger partial charge is 0.388 e. The number of alkyl halides is 3. The van der Waals surface area contributed by atoms with Crippen LogP contribution in [0.3, 0.4) is 0 Å². The van der Waals surface area contributed by atoms with Gasteiger partial charge in [0.05, 0.1) is 11.7 Å². The minimum Gasteiger partial charge on any atom is -0.388 e. The molecule has 2 fully saturated rings. The molecule has 0 aromatic carbocycles. The van der Waals surface area contributed by atoms with E-state index in [9.17, 15) is 18.3 Å². The molecule has 2 atom stereocenters. The fourth-order valence-electron chi connectivity index (χ4n) is 6.49. The molecule has 0 amide bonds. The van der Waals surface area contributed by atoms with Gasteiger partial charge in [-0.05, 0) is 67.4 Å². The molecule has 3 aliphatic carbocycles. The van der Waals surface area contributed by atoms with Gasteiger partial charge in [0.25, 0.3) is 0 Å². The van der Waals surface area contributed by atoms with Gasteiger partial charge in [0.15, 0.2) is 0 Å². The van der Waals surface area contributed by atoms with Crippen LogP contribution in [0.25, 0.3) is 0 Å². The number of hydrogen-bond acceptors (Lipinski definition) is 4. The minimum atomic E-state index is -4.48. The summed E-state index contributed by atoms with van der Waals surface area (Å²) in [5, 5.41) is 11.3. The van der Waals surface area contributed by atoms with Crippen molar-refractivity contribution in [2.75, 3.05) is 0 Å². The van der Waals surface area contributed by atoms with Gasteiger partial charge in [-0.3, -0.25) is 9.97 Å². The second-order valence-corrected chi connectivity index (χ2v) is 12.7. The maximum Gasteiger partial charge on any atom is 0.433 e. The van der Waals surface area contributed by atoms with Crippen LogP contribution < -0.4 is 0 Å². The van der Waals surface area contributed by atoms with Crippen LogP contribution in [-0.2, 0) is 22.9 Å². The van der Waals surface area contributed by atoms with Crippen molar-refractivity contribution in [3.05, 3.63) is 57.7 Å². The molecule has 0 radical (unpaired) electrons. The molecule has 0 bridgehead atoms. The molecule has 208 valence electrons. The second-order valence-electron chi connectivity index (χ2n) is 12.7. The molecule has 2 spiro atoms. The lowest BCUT2D eigenvalue weighted by Gasteiger charge is -2.34. The third kappa shape index (κ3) is 4.90. The highest BCUT2D eigenvalue weighted by Gasteiger charge is 2.55. The van der Waals surface area contributed by atoms with Crippen LogP contribution >= 0.6 is 0 Å². The molecule has 2 saturated carbocycles.